The summed E-state index contributed by atoms with van der Waals surface area (Å²) in [5, 5.41) is 28.1. The molecule has 148 valence electrons. The Morgan fingerprint density at radius 2 is 1.76 bits per heavy atom. The fraction of sp³-hybridized carbons (Fsp3) is 0.143. The number of anilines is 1. The highest BCUT2D eigenvalue weighted by molar-refractivity contribution is 5.89. The highest BCUT2D eigenvalue weighted by Gasteiger charge is 2.14. The maximum absolute atomic E-state index is 9.55. The molecule has 0 saturated carbocycles. The van der Waals surface area contributed by atoms with Gasteiger partial charge in [-0.3, -0.25) is 14.7 Å². The van der Waals surface area contributed by atoms with Crippen LogP contribution in [0.25, 0.3) is 10.9 Å². The van der Waals surface area contributed by atoms with Gasteiger partial charge in [-0.1, -0.05) is 25.1 Å². The van der Waals surface area contributed by atoms with Crippen LogP contribution in [0.1, 0.15) is 18.9 Å². The number of para-hydroxylation sites is 1. The van der Waals surface area contributed by atoms with E-state index in [1.807, 2.05) is 42.6 Å². The molecule has 0 aliphatic carbocycles. The largest absolute Gasteiger partial charge is 0.478 e. The van der Waals surface area contributed by atoms with Gasteiger partial charge in [0.05, 0.1) is 16.8 Å². The molecule has 8 heteroatoms. The summed E-state index contributed by atoms with van der Waals surface area (Å²) in [5.74, 6) is -2.51. The van der Waals surface area contributed by atoms with Crippen molar-refractivity contribution in [2.75, 3.05) is 11.6 Å². The second-order valence-corrected chi connectivity index (χ2v) is 5.85. The molecule has 1 aromatic carbocycles. The average molecular weight is 392 g/mol. The number of aliphatic carboxylic acids is 2. The summed E-state index contributed by atoms with van der Waals surface area (Å²) in [6.07, 6.45) is 7.60. The highest BCUT2D eigenvalue weighted by Crippen LogP contribution is 2.24. The fourth-order valence-electron chi connectivity index (χ4n) is 2.68. The summed E-state index contributed by atoms with van der Waals surface area (Å²) in [4.78, 5) is 23.2. The SMILES string of the molecule is CCCN(c1ccncc1)n1cc(C#N)c2ccccc21.O=C(O)/C=C\C(=O)O. The maximum atomic E-state index is 9.55. The lowest BCUT2D eigenvalue weighted by molar-refractivity contribution is -0.134. The molecule has 8 nitrogen and oxygen atoms in total. The van der Waals surface area contributed by atoms with Gasteiger partial charge in [0.25, 0.3) is 0 Å². The Kier molecular flexibility index (Phi) is 7.51. The van der Waals surface area contributed by atoms with Gasteiger partial charge in [-0.15, -0.1) is 0 Å². The van der Waals surface area contributed by atoms with E-state index in [0.717, 1.165) is 29.6 Å². The minimum absolute atomic E-state index is 0.558. The maximum Gasteiger partial charge on any atom is 0.328 e. The van der Waals surface area contributed by atoms with Crippen molar-refractivity contribution in [2.24, 2.45) is 0 Å². The number of hydrogen-bond acceptors (Lipinski definition) is 5. The van der Waals surface area contributed by atoms with Gasteiger partial charge in [0, 0.05) is 42.7 Å². The molecule has 0 aliphatic rings. The van der Waals surface area contributed by atoms with Gasteiger partial charge in [0.2, 0.25) is 0 Å². The molecular formula is C21H20N4O4. The van der Waals surface area contributed by atoms with Gasteiger partial charge in [0.15, 0.2) is 0 Å². The standard InChI is InChI=1S/C17H16N4.C4H4O4/c1-2-11-20(15-7-9-19-10-8-15)21-13-14(12-18)16-5-3-4-6-17(16)21;5-3(6)1-2-4(7)8/h3-10,13H,2,11H2,1H3;1-2H,(H,5,6)(H,7,8)/b;2-1-. The first-order valence-corrected chi connectivity index (χ1v) is 8.79. The van der Waals surface area contributed by atoms with Crippen LogP contribution in [-0.4, -0.2) is 38.4 Å². The molecule has 0 atom stereocenters. The zero-order chi connectivity index (χ0) is 21.2. The molecule has 0 spiro atoms. The van der Waals surface area contributed by atoms with Crippen LogP contribution in [0, 0.1) is 11.3 Å². The third-order valence-corrected chi connectivity index (χ3v) is 3.84. The first kappa shape index (κ1) is 21.2. The first-order chi connectivity index (χ1) is 14.0. The molecule has 0 saturated heterocycles. The summed E-state index contributed by atoms with van der Waals surface area (Å²) in [7, 11) is 0. The lowest BCUT2D eigenvalue weighted by atomic mass is 10.2. The molecule has 0 aliphatic heterocycles. The number of rotatable bonds is 6. The topological polar surface area (TPSA) is 119 Å². The monoisotopic (exact) mass is 392 g/mol. The molecule has 29 heavy (non-hydrogen) atoms. The minimum atomic E-state index is -1.26. The molecule has 2 heterocycles. The molecule has 0 fully saturated rings. The van der Waals surface area contributed by atoms with E-state index in [1.54, 1.807) is 12.4 Å². The number of carboxylic acid groups (broad SMARTS) is 2. The number of hydrogen-bond donors (Lipinski definition) is 2. The first-order valence-electron chi connectivity index (χ1n) is 8.79. The second kappa shape index (κ2) is 10.3. The van der Waals surface area contributed by atoms with Crippen LogP contribution in [-0.2, 0) is 9.59 Å². The Balaban J connectivity index is 0.000000321. The van der Waals surface area contributed by atoms with Gasteiger partial charge < -0.3 is 10.2 Å². The van der Waals surface area contributed by atoms with Gasteiger partial charge in [0.1, 0.15) is 6.07 Å². The van der Waals surface area contributed by atoms with Gasteiger partial charge in [-0.05, 0) is 24.6 Å². The third-order valence-electron chi connectivity index (χ3n) is 3.84. The number of nitriles is 1. The van der Waals surface area contributed by atoms with Gasteiger partial charge in [-0.25, -0.2) is 9.59 Å². The van der Waals surface area contributed by atoms with E-state index in [2.05, 4.69) is 27.7 Å². The van der Waals surface area contributed by atoms with E-state index in [9.17, 15) is 14.9 Å². The van der Waals surface area contributed by atoms with Gasteiger partial charge in [-0.2, -0.15) is 5.26 Å². The molecule has 0 amide bonds. The fourth-order valence-corrected chi connectivity index (χ4v) is 2.68. The number of pyridine rings is 1. The van der Waals surface area contributed by atoms with E-state index >= 15 is 0 Å². The van der Waals surface area contributed by atoms with Crippen molar-refractivity contribution in [1.82, 2.24) is 9.66 Å². The predicted molar refractivity (Wildman–Crippen MR) is 108 cm³/mol. The Morgan fingerprint density at radius 3 is 2.31 bits per heavy atom. The van der Waals surface area contributed by atoms with Crippen molar-refractivity contribution in [3.63, 3.8) is 0 Å². The van der Waals surface area contributed by atoms with Crippen LogP contribution in [0.2, 0.25) is 0 Å². The molecular weight excluding hydrogens is 372 g/mol. The second-order valence-electron chi connectivity index (χ2n) is 5.85. The van der Waals surface area contributed by atoms with E-state index in [4.69, 9.17) is 10.2 Å². The zero-order valence-electron chi connectivity index (χ0n) is 15.8. The zero-order valence-corrected chi connectivity index (χ0v) is 15.8. The number of benzene rings is 1. The Morgan fingerprint density at radius 1 is 1.14 bits per heavy atom. The third kappa shape index (κ3) is 5.68. The molecule has 0 radical (unpaired) electrons. The lowest BCUT2D eigenvalue weighted by Gasteiger charge is -2.26. The molecule has 2 N–H and O–H groups in total. The van der Waals surface area contributed by atoms with Crippen LogP contribution in [0.4, 0.5) is 5.69 Å². The van der Waals surface area contributed by atoms with Crippen LogP contribution in [0.3, 0.4) is 0 Å². The summed E-state index contributed by atoms with van der Waals surface area (Å²) < 4.78 is 2.06. The van der Waals surface area contributed by atoms with Crippen molar-refractivity contribution >= 4 is 28.5 Å². The number of carboxylic acids is 2. The van der Waals surface area contributed by atoms with Crippen LogP contribution < -0.4 is 5.01 Å². The van der Waals surface area contributed by atoms with E-state index in [-0.39, 0.29) is 0 Å². The normalized spacial score (nSPS) is 10.2. The van der Waals surface area contributed by atoms with Crippen LogP contribution in [0.15, 0.2) is 67.1 Å². The Labute approximate surface area is 167 Å². The molecule has 3 rings (SSSR count). The Bertz CT molecular complexity index is 1040. The molecule has 0 unspecified atom stereocenters. The van der Waals surface area contributed by atoms with E-state index in [0.29, 0.717) is 17.7 Å². The lowest BCUT2D eigenvalue weighted by Crippen LogP contribution is -2.29. The predicted octanol–water partition coefficient (Wildman–Crippen LogP) is 3.30. The van der Waals surface area contributed by atoms with Crippen molar-refractivity contribution < 1.29 is 19.8 Å². The number of nitrogens with zero attached hydrogens (tertiary/aromatic N) is 4. The number of carbonyl (C=O) groups is 2. The van der Waals surface area contributed by atoms with Crippen molar-refractivity contribution in [3.05, 3.63) is 72.7 Å². The van der Waals surface area contributed by atoms with Crippen LogP contribution >= 0.6 is 0 Å². The Hall–Kier alpha value is -4.12. The van der Waals surface area contributed by atoms with Crippen LogP contribution in [0.5, 0.6) is 0 Å². The van der Waals surface area contributed by atoms with Crippen molar-refractivity contribution in [2.45, 2.75) is 13.3 Å². The van der Waals surface area contributed by atoms with Crippen molar-refractivity contribution in [3.8, 4) is 6.07 Å². The number of fused-ring (bicyclic) bond motifs is 1. The molecule has 2 aromatic heterocycles. The number of aromatic nitrogens is 2. The highest BCUT2D eigenvalue weighted by atomic mass is 16.4. The smallest absolute Gasteiger partial charge is 0.328 e. The quantitative estimate of drug-likeness (QED) is 0.618. The van der Waals surface area contributed by atoms with E-state index < -0.39 is 11.9 Å². The van der Waals surface area contributed by atoms with E-state index in [1.165, 1.54) is 0 Å². The summed E-state index contributed by atoms with van der Waals surface area (Å²) in [5.41, 5.74) is 2.80. The van der Waals surface area contributed by atoms with Crippen molar-refractivity contribution in [1.29, 1.82) is 5.26 Å². The molecule has 3 aromatic rings. The summed E-state index contributed by atoms with van der Waals surface area (Å²) in [6.45, 7) is 3.01. The summed E-state index contributed by atoms with van der Waals surface area (Å²) in [6, 6.07) is 14.2. The average Bonchev–Trinajstić information content (AvgIpc) is 3.10. The minimum Gasteiger partial charge on any atom is -0.478 e. The molecule has 0 bridgehead atoms. The summed E-state index contributed by atoms with van der Waals surface area (Å²) >= 11 is 0. The van der Waals surface area contributed by atoms with Gasteiger partial charge >= 0.3 is 11.9 Å².